The molecule has 3 rings (SSSR count). The van der Waals surface area contributed by atoms with Crippen LogP contribution in [0.1, 0.15) is 5.56 Å². The van der Waals surface area contributed by atoms with Gasteiger partial charge in [0.1, 0.15) is 0 Å². The minimum Gasteiger partial charge on any atom is -0.261 e. The smallest absolute Gasteiger partial charge is 0.161 e. The Kier molecular flexibility index (Phi) is 2.06. The van der Waals surface area contributed by atoms with Crippen molar-refractivity contribution in [3.8, 4) is 17.5 Å². The van der Waals surface area contributed by atoms with E-state index in [0.717, 1.165) is 10.9 Å². The number of hydrogen-bond acceptors (Lipinski definition) is 4. The van der Waals surface area contributed by atoms with Gasteiger partial charge in [-0.2, -0.15) is 10.4 Å². The second-order valence-electron chi connectivity index (χ2n) is 3.56. The molecule has 2 heterocycles. The third kappa shape index (κ3) is 1.62. The number of nitrogens with one attached hydrogen (secondary N) is 1. The van der Waals surface area contributed by atoms with Crippen LogP contribution >= 0.6 is 0 Å². The first-order valence-corrected chi connectivity index (χ1v) is 5.03. The third-order valence-corrected chi connectivity index (χ3v) is 2.44. The molecule has 1 N–H and O–H groups in total. The lowest BCUT2D eigenvalue weighted by Gasteiger charge is -1.99. The molecule has 0 saturated heterocycles. The van der Waals surface area contributed by atoms with Crippen molar-refractivity contribution >= 4 is 11.0 Å². The number of fused-ring (bicyclic) bond motifs is 1. The van der Waals surface area contributed by atoms with Crippen molar-refractivity contribution < 1.29 is 0 Å². The molecule has 1 aromatic carbocycles. The molecule has 5 heteroatoms. The molecular weight excluding hydrogens is 214 g/mol. The summed E-state index contributed by atoms with van der Waals surface area (Å²) in [4.78, 5) is 8.59. The normalized spacial score (nSPS) is 10.3. The molecule has 17 heavy (non-hydrogen) atoms. The summed E-state index contributed by atoms with van der Waals surface area (Å²) in [5.41, 5.74) is 2.11. The molecule has 0 radical (unpaired) electrons. The van der Waals surface area contributed by atoms with Crippen LogP contribution in [0.5, 0.6) is 0 Å². The molecule has 0 aliphatic heterocycles. The van der Waals surface area contributed by atoms with Gasteiger partial charge in [0.15, 0.2) is 11.5 Å². The van der Waals surface area contributed by atoms with E-state index in [4.69, 9.17) is 5.26 Å². The van der Waals surface area contributed by atoms with Gasteiger partial charge in [-0.3, -0.25) is 5.10 Å². The number of benzene rings is 1. The first-order valence-electron chi connectivity index (χ1n) is 5.03. The highest BCUT2D eigenvalue weighted by Gasteiger charge is 2.04. The van der Waals surface area contributed by atoms with E-state index < -0.39 is 0 Å². The highest BCUT2D eigenvalue weighted by atomic mass is 15.1. The maximum Gasteiger partial charge on any atom is 0.161 e. The fourth-order valence-corrected chi connectivity index (χ4v) is 1.61. The highest BCUT2D eigenvalue weighted by Crippen LogP contribution is 2.17. The van der Waals surface area contributed by atoms with Crippen molar-refractivity contribution in [2.75, 3.05) is 0 Å². The van der Waals surface area contributed by atoms with Gasteiger partial charge in [-0.05, 0) is 12.1 Å². The predicted molar refractivity (Wildman–Crippen MR) is 61.8 cm³/mol. The largest absolute Gasteiger partial charge is 0.261 e. The second kappa shape index (κ2) is 3.68. The van der Waals surface area contributed by atoms with Crippen LogP contribution in [0.15, 0.2) is 36.7 Å². The van der Waals surface area contributed by atoms with Crippen molar-refractivity contribution in [2.24, 2.45) is 0 Å². The van der Waals surface area contributed by atoms with E-state index in [1.54, 1.807) is 24.5 Å². The lowest BCUT2D eigenvalue weighted by atomic mass is 10.1. The van der Waals surface area contributed by atoms with E-state index in [2.05, 4.69) is 26.2 Å². The first-order chi connectivity index (χ1) is 8.36. The number of aromatic nitrogens is 4. The van der Waals surface area contributed by atoms with E-state index in [9.17, 15) is 0 Å². The lowest BCUT2D eigenvalue weighted by molar-refractivity contribution is 1.09. The standard InChI is InChI=1S/C12H7N5/c13-5-8-2-1-3-9(4-8)11-14-6-10-7-15-17-12(10)16-11/h1-4,6-7H,(H,14,15,16,17). The van der Waals surface area contributed by atoms with Crippen LogP contribution in [-0.4, -0.2) is 20.2 Å². The molecule has 0 fully saturated rings. The summed E-state index contributed by atoms with van der Waals surface area (Å²) < 4.78 is 0. The van der Waals surface area contributed by atoms with E-state index >= 15 is 0 Å². The monoisotopic (exact) mass is 221 g/mol. The third-order valence-electron chi connectivity index (χ3n) is 2.44. The Morgan fingerprint density at radius 3 is 3.06 bits per heavy atom. The Hall–Kier alpha value is -2.74. The van der Waals surface area contributed by atoms with Crippen molar-refractivity contribution in [2.45, 2.75) is 0 Å². The molecule has 0 spiro atoms. The zero-order valence-electron chi connectivity index (χ0n) is 8.75. The van der Waals surface area contributed by atoms with Gasteiger partial charge >= 0.3 is 0 Å². The summed E-state index contributed by atoms with van der Waals surface area (Å²) in [6.45, 7) is 0. The number of aromatic amines is 1. The van der Waals surface area contributed by atoms with Crippen LogP contribution in [-0.2, 0) is 0 Å². The zero-order chi connectivity index (χ0) is 11.7. The summed E-state index contributed by atoms with van der Waals surface area (Å²) in [6.07, 6.45) is 3.38. The van der Waals surface area contributed by atoms with Crippen LogP contribution in [0.2, 0.25) is 0 Å². The van der Waals surface area contributed by atoms with Crippen molar-refractivity contribution in [3.05, 3.63) is 42.2 Å². The van der Waals surface area contributed by atoms with Gasteiger partial charge in [-0.15, -0.1) is 0 Å². The lowest BCUT2D eigenvalue weighted by Crippen LogP contribution is -1.89. The van der Waals surface area contributed by atoms with Gasteiger partial charge in [0, 0.05) is 11.8 Å². The molecule has 0 aliphatic carbocycles. The SMILES string of the molecule is N#Cc1cccc(-c2ncc3cn[nH]c3n2)c1. The van der Waals surface area contributed by atoms with E-state index in [1.165, 1.54) is 0 Å². The number of nitriles is 1. The summed E-state index contributed by atoms with van der Waals surface area (Å²) >= 11 is 0. The van der Waals surface area contributed by atoms with Gasteiger partial charge in [0.25, 0.3) is 0 Å². The fraction of sp³-hybridized carbons (Fsp3) is 0. The van der Waals surface area contributed by atoms with Gasteiger partial charge < -0.3 is 0 Å². The van der Waals surface area contributed by atoms with E-state index in [0.29, 0.717) is 17.0 Å². The van der Waals surface area contributed by atoms with Crippen molar-refractivity contribution in [1.82, 2.24) is 20.2 Å². The van der Waals surface area contributed by atoms with Gasteiger partial charge in [0.2, 0.25) is 0 Å². The number of rotatable bonds is 1. The Morgan fingerprint density at radius 2 is 2.18 bits per heavy atom. The van der Waals surface area contributed by atoms with Gasteiger partial charge in [-0.25, -0.2) is 9.97 Å². The van der Waals surface area contributed by atoms with Gasteiger partial charge in [0.05, 0.1) is 23.2 Å². The Bertz CT molecular complexity index is 723. The average molecular weight is 221 g/mol. The van der Waals surface area contributed by atoms with Crippen molar-refractivity contribution in [3.63, 3.8) is 0 Å². The zero-order valence-corrected chi connectivity index (χ0v) is 8.75. The minimum atomic E-state index is 0.582. The number of H-pyrrole nitrogens is 1. The van der Waals surface area contributed by atoms with E-state index in [-0.39, 0.29) is 0 Å². The number of nitrogens with zero attached hydrogens (tertiary/aromatic N) is 4. The Labute approximate surface area is 96.8 Å². The maximum absolute atomic E-state index is 8.84. The average Bonchev–Trinajstić information content (AvgIpc) is 2.86. The Morgan fingerprint density at radius 1 is 1.24 bits per heavy atom. The van der Waals surface area contributed by atoms with Crippen LogP contribution in [0.4, 0.5) is 0 Å². The fourth-order valence-electron chi connectivity index (χ4n) is 1.61. The molecule has 80 valence electrons. The molecule has 0 bridgehead atoms. The summed E-state index contributed by atoms with van der Waals surface area (Å²) in [7, 11) is 0. The van der Waals surface area contributed by atoms with Crippen molar-refractivity contribution in [1.29, 1.82) is 5.26 Å². The topological polar surface area (TPSA) is 78.2 Å². The summed E-state index contributed by atoms with van der Waals surface area (Å²) in [5.74, 6) is 0.582. The van der Waals surface area contributed by atoms with Crippen LogP contribution in [0, 0.1) is 11.3 Å². The molecular formula is C12H7N5. The predicted octanol–water partition coefficient (Wildman–Crippen LogP) is 1.89. The van der Waals surface area contributed by atoms with Crippen LogP contribution in [0.3, 0.4) is 0 Å². The quantitative estimate of drug-likeness (QED) is 0.680. The molecule has 0 unspecified atom stereocenters. The molecule has 5 nitrogen and oxygen atoms in total. The molecule has 3 aromatic rings. The maximum atomic E-state index is 8.84. The van der Waals surface area contributed by atoms with Crippen LogP contribution in [0.25, 0.3) is 22.4 Å². The second-order valence-corrected chi connectivity index (χ2v) is 3.56. The molecule has 2 aromatic heterocycles. The van der Waals surface area contributed by atoms with Gasteiger partial charge in [-0.1, -0.05) is 12.1 Å². The van der Waals surface area contributed by atoms with E-state index in [1.807, 2.05) is 12.1 Å². The highest BCUT2D eigenvalue weighted by molar-refractivity contribution is 5.75. The molecule has 0 aliphatic rings. The van der Waals surface area contributed by atoms with Crippen LogP contribution < -0.4 is 0 Å². The minimum absolute atomic E-state index is 0.582. The number of hydrogen-bond donors (Lipinski definition) is 1. The first kappa shape index (κ1) is 9.48. The summed E-state index contributed by atoms with van der Waals surface area (Å²) in [5, 5.41) is 16.4. The molecule has 0 amide bonds. The summed E-state index contributed by atoms with van der Waals surface area (Å²) in [6, 6.07) is 9.29. The molecule has 0 atom stereocenters. The molecule has 0 saturated carbocycles. The Balaban J connectivity index is 2.16.